The number of aryl methyl sites for hydroxylation is 2. The SMILES string of the molecule is CC(C)c1cc(C(C)C)c2oc3ccccc3c2c1-n1ccnc1-c1[c-]cccc1.CC(C)c1cccc(C(C)C)c1-n1ccnc1-c1[c-]cccc1.Cc1cc2c3ccc[c-]c3c3ncc(-c4c(C(C)C)cccc4C(C)C)n3c2cc1C.[Ir].[Ir].[Pt+4].[c-]1ccccc1-n1c2[c-]c(Oc3[c-]c4c(cc3)c3ccccc3n4-c3[c-]cccc3)ccc2c2ccccc21. The summed E-state index contributed by atoms with van der Waals surface area (Å²) in [4.78, 5) is 14.2. The van der Waals surface area contributed by atoms with Gasteiger partial charge in [0.05, 0.1) is 34.1 Å². The minimum atomic E-state index is 0. The summed E-state index contributed by atoms with van der Waals surface area (Å²) in [6, 6.07) is 116. The smallest absolute Gasteiger partial charge is 0.509 e. The first kappa shape index (κ1) is 88.7. The predicted octanol–water partition coefficient (Wildman–Crippen LogP) is 29.9. The number of nitrogens with zero attached hydrogens (tertiary/aromatic N) is 8. The summed E-state index contributed by atoms with van der Waals surface area (Å²) in [5, 5.41) is 10.4. The minimum absolute atomic E-state index is 0. The topological polar surface area (TPSA) is 85.2 Å². The molecule has 0 atom stereocenters. The number of pyridine rings is 1. The fraction of sp³-hybridized carbons (Fsp3) is 0.177. The van der Waals surface area contributed by atoms with Crippen molar-refractivity contribution in [3.63, 3.8) is 0 Å². The molecular weight excluding hydrogens is 2080 g/mol. The van der Waals surface area contributed by atoms with Crippen molar-refractivity contribution in [2.24, 2.45) is 0 Å². The Kier molecular flexibility index (Phi) is 26.8. The van der Waals surface area contributed by atoms with E-state index in [9.17, 15) is 0 Å². The van der Waals surface area contributed by atoms with Crippen LogP contribution in [-0.2, 0) is 61.3 Å². The van der Waals surface area contributed by atoms with Gasteiger partial charge in [-0.15, -0.1) is 149 Å². The summed E-state index contributed by atoms with van der Waals surface area (Å²) in [6.07, 6.45) is 9.91. The van der Waals surface area contributed by atoms with E-state index in [1.54, 1.807) is 0 Å². The summed E-state index contributed by atoms with van der Waals surface area (Å²) in [5.74, 6) is 5.59. The van der Waals surface area contributed by atoms with E-state index in [1.807, 2.05) is 116 Å². The Bertz CT molecular complexity index is 7250. The van der Waals surface area contributed by atoms with Gasteiger partial charge in [-0.1, -0.05) is 208 Å². The number of hydrogen-bond donors (Lipinski definition) is 0. The molecule has 0 aliphatic heterocycles. The molecule has 0 bridgehead atoms. The Morgan fingerprint density at radius 2 is 0.817 bits per heavy atom. The molecular formula is C113H97Ir2N8O2Pt-3. The van der Waals surface area contributed by atoms with Crippen LogP contribution in [0.4, 0.5) is 0 Å². The van der Waals surface area contributed by atoms with Crippen LogP contribution in [0.25, 0.3) is 150 Å². The van der Waals surface area contributed by atoms with Crippen LogP contribution in [0.2, 0.25) is 0 Å². The van der Waals surface area contributed by atoms with Crippen LogP contribution in [0.5, 0.6) is 11.5 Å². The number of ether oxygens (including phenoxy) is 1. The molecule has 21 rings (SSSR count). The van der Waals surface area contributed by atoms with E-state index in [2.05, 4.69) is 349 Å². The number of imidazole rings is 3. The number of aromatic nitrogens is 8. The Morgan fingerprint density at radius 1 is 0.365 bits per heavy atom. The number of benzene rings is 14. The fourth-order valence-electron chi connectivity index (χ4n) is 17.7. The van der Waals surface area contributed by atoms with Crippen molar-refractivity contribution in [2.75, 3.05) is 0 Å². The largest absolute Gasteiger partial charge is 4.00 e. The summed E-state index contributed by atoms with van der Waals surface area (Å²) < 4.78 is 24.0. The molecule has 0 spiro atoms. The molecule has 0 fully saturated rings. The average molecular weight is 2180 g/mol. The molecule has 0 aliphatic rings. The maximum atomic E-state index is 6.42. The van der Waals surface area contributed by atoms with E-state index in [1.165, 1.54) is 88.5 Å². The van der Waals surface area contributed by atoms with Gasteiger partial charge in [-0.25, -0.2) is 0 Å². The van der Waals surface area contributed by atoms with Crippen molar-refractivity contribution in [1.29, 1.82) is 0 Å². The summed E-state index contributed by atoms with van der Waals surface area (Å²) in [7, 11) is 0. The molecule has 632 valence electrons. The zero-order chi connectivity index (χ0) is 84.8. The molecule has 7 heterocycles. The van der Waals surface area contributed by atoms with Crippen molar-refractivity contribution in [3.05, 3.63) is 385 Å². The van der Waals surface area contributed by atoms with Gasteiger partial charge in [0.2, 0.25) is 0 Å². The van der Waals surface area contributed by atoms with E-state index in [4.69, 9.17) is 19.1 Å². The summed E-state index contributed by atoms with van der Waals surface area (Å²) in [6.45, 7) is 31.4. The molecule has 0 saturated heterocycles. The molecule has 14 aromatic carbocycles. The quantitative estimate of drug-likeness (QED) is 0.0754. The van der Waals surface area contributed by atoms with Crippen LogP contribution in [0, 0.1) is 56.3 Å². The minimum Gasteiger partial charge on any atom is -0.509 e. The van der Waals surface area contributed by atoms with Crippen LogP contribution < -0.4 is 4.74 Å². The van der Waals surface area contributed by atoms with Crippen LogP contribution in [0.3, 0.4) is 0 Å². The van der Waals surface area contributed by atoms with Crippen molar-refractivity contribution in [1.82, 2.24) is 37.6 Å². The normalized spacial score (nSPS) is 11.5. The summed E-state index contributed by atoms with van der Waals surface area (Å²) >= 11 is 0. The molecule has 0 unspecified atom stereocenters. The molecule has 126 heavy (non-hydrogen) atoms. The van der Waals surface area contributed by atoms with Gasteiger partial charge in [-0.3, -0.25) is 15.0 Å². The van der Waals surface area contributed by atoms with Crippen LogP contribution in [0.15, 0.2) is 302 Å². The van der Waals surface area contributed by atoms with Crippen LogP contribution in [-0.4, -0.2) is 37.6 Å². The molecule has 0 aliphatic carbocycles. The average Bonchev–Trinajstić information content (AvgIpc) is 1.50. The predicted molar refractivity (Wildman–Crippen MR) is 508 cm³/mol. The Labute approximate surface area is 780 Å². The molecule has 0 N–H and O–H groups in total. The van der Waals surface area contributed by atoms with Gasteiger partial charge in [-0.2, -0.15) is 60.7 Å². The van der Waals surface area contributed by atoms with Gasteiger partial charge in [0.15, 0.2) is 0 Å². The molecule has 21 aromatic rings. The third kappa shape index (κ3) is 16.7. The summed E-state index contributed by atoms with van der Waals surface area (Å²) in [5.41, 5.74) is 27.7. The molecule has 10 nitrogen and oxygen atoms in total. The van der Waals surface area contributed by atoms with Gasteiger partial charge in [0.25, 0.3) is 0 Å². The molecule has 13 heteroatoms. The van der Waals surface area contributed by atoms with Gasteiger partial charge in [0, 0.05) is 116 Å². The van der Waals surface area contributed by atoms with E-state index in [0.29, 0.717) is 47.0 Å². The van der Waals surface area contributed by atoms with Gasteiger partial charge in [0.1, 0.15) is 11.2 Å². The number of hydrogen-bond acceptors (Lipinski definition) is 5. The zero-order valence-corrected chi connectivity index (χ0v) is 80.2. The van der Waals surface area contributed by atoms with Gasteiger partial charge < -0.3 is 31.8 Å². The van der Waals surface area contributed by atoms with Crippen LogP contribution >= 0.6 is 0 Å². The first-order chi connectivity index (χ1) is 59.9. The Hall–Kier alpha value is -12.1. The maximum Gasteiger partial charge on any atom is 4.00 e. The maximum absolute atomic E-state index is 6.42. The van der Waals surface area contributed by atoms with E-state index in [-0.39, 0.29) is 61.3 Å². The standard InChI is InChI=1S/C36H20N2O.C29H29N2.C27H25N2O.C21H23N2.2Ir.Pt/c1-3-11-25(12-4-1)37-33-17-9-7-15-29(33)31-21-19-27(23-35(31)37)39-28-20-22-32-30-16-8-10-18-34(30)38(36(32)24-28)26-13-5-2-6-14-26;1-17(2)21-12-9-13-22(18(3)4)28(21)27-16-30-29-24-11-8-7-10-23(24)25-14-19(5)20(6)15-26(25)31(27)29;1-17(2)21-16-22(18(3)4)26-24(20-12-8-9-13-23(20)30-26)25(21)29-15-14-28-27(29)19-10-6-5-7-11-19;1-15(2)18-11-8-12-19(16(3)4)20(18)23-14-13-22-21(23)17-9-6-5-7-10-17;;;/h1-11,13,15-22H;7-10,12-18H,1-6H3;5-10,12-18H,1-4H3;5-9,11-16H,1-4H3;;;/q-4;3*-1;;;+4. The third-order valence-electron chi connectivity index (χ3n) is 23.7. The Balaban J connectivity index is 0.000000131. The second-order valence-corrected chi connectivity index (χ2v) is 33.7. The van der Waals surface area contributed by atoms with E-state index in [0.717, 1.165) is 106 Å². The first-order valence-corrected chi connectivity index (χ1v) is 42.9. The fourth-order valence-corrected chi connectivity index (χ4v) is 17.7. The number of fused-ring (bicyclic) bond motifs is 15. The van der Waals surface area contributed by atoms with Crippen LogP contribution in [0.1, 0.15) is 163 Å². The molecule has 0 amide bonds. The monoisotopic (exact) mass is 2180 g/mol. The Morgan fingerprint density at radius 3 is 1.32 bits per heavy atom. The number of rotatable bonds is 15. The van der Waals surface area contributed by atoms with Crippen molar-refractivity contribution in [3.8, 4) is 68.3 Å². The first-order valence-electron chi connectivity index (χ1n) is 42.9. The number of para-hydroxylation sites is 6. The van der Waals surface area contributed by atoms with Gasteiger partial charge >= 0.3 is 21.1 Å². The van der Waals surface area contributed by atoms with Crippen molar-refractivity contribution < 1.29 is 70.4 Å². The van der Waals surface area contributed by atoms with E-state index < -0.39 is 0 Å². The zero-order valence-electron chi connectivity index (χ0n) is 73.1. The molecule has 0 saturated carbocycles. The second kappa shape index (κ2) is 38.0. The molecule has 2 radical (unpaired) electrons. The second-order valence-electron chi connectivity index (χ2n) is 33.7. The van der Waals surface area contributed by atoms with Crippen molar-refractivity contribution in [2.45, 2.75) is 132 Å². The molecule has 7 aromatic heterocycles. The van der Waals surface area contributed by atoms with Gasteiger partial charge in [-0.05, 0) is 140 Å². The number of furan rings is 1. The third-order valence-corrected chi connectivity index (χ3v) is 23.7. The van der Waals surface area contributed by atoms with E-state index >= 15 is 0 Å². The van der Waals surface area contributed by atoms with Crippen molar-refractivity contribution >= 4 is 92.9 Å².